The van der Waals surface area contributed by atoms with Crippen LogP contribution in [0.5, 0.6) is 5.75 Å². The van der Waals surface area contributed by atoms with Crippen LogP contribution in [0.3, 0.4) is 0 Å². The lowest BCUT2D eigenvalue weighted by Crippen LogP contribution is -2.43. The molecule has 1 fully saturated rings. The minimum Gasteiger partial charge on any atom is -0.495 e. The lowest BCUT2D eigenvalue weighted by molar-refractivity contribution is 0.283. The summed E-state index contributed by atoms with van der Waals surface area (Å²) in [6.07, 6.45) is 6.52. The summed E-state index contributed by atoms with van der Waals surface area (Å²) < 4.78 is 7.56. The Morgan fingerprint density at radius 2 is 1.68 bits per heavy atom. The molecule has 0 amide bonds. The van der Waals surface area contributed by atoms with Crippen molar-refractivity contribution >= 4 is 11.8 Å². The summed E-state index contributed by atoms with van der Waals surface area (Å²) in [5.74, 6) is 1.41. The van der Waals surface area contributed by atoms with E-state index in [4.69, 9.17) is 9.72 Å². The molecule has 6 rings (SSSR count). The Morgan fingerprint density at radius 3 is 2.49 bits per heavy atom. The van der Waals surface area contributed by atoms with E-state index in [9.17, 15) is 4.79 Å². The van der Waals surface area contributed by atoms with Crippen LogP contribution in [-0.2, 0) is 17.6 Å². The van der Waals surface area contributed by atoms with E-state index in [1.165, 1.54) is 23.1 Å². The molecule has 37 heavy (non-hydrogen) atoms. The fourth-order valence-electron chi connectivity index (χ4n) is 6.23. The van der Waals surface area contributed by atoms with Gasteiger partial charge in [0.1, 0.15) is 5.75 Å². The van der Waals surface area contributed by atoms with Crippen molar-refractivity contribution in [1.82, 2.24) is 9.55 Å². The first kappa shape index (κ1) is 24.1. The van der Waals surface area contributed by atoms with Crippen LogP contribution in [0.2, 0.25) is 0 Å². The van der Waals surface area contributed by atoms with Crippen LogP contribution in [0.4, 0.5) is 0 Å². The van der Waals surface area contributed by atoms with E-state index < -0.39 is 0 Å². The molecule has 188 valence electrons. The van der Waals surface area contributed by atoms with Gasteiger partial charge in [-0.25, -0.2) is 4.98 Å². The van der Waals surface area contributed by atoms with Gasteiger partial charge in [-0.15, -0.1) is 0 Å². The minimum atomic E-state index is -0.158. The molecule has 1 spiro atoms. The Hall–Kier alpha value is -3.31. The van der Waals surface area contributed by atoms with Crippen molar-refractivity contribution < 1.29 is 4.74 Å². The van der Waals surface area contributed by atoms with Gasteiger partial charge in [0, 0.05) is 16.7 Å². The van der Waals surface area contributed by atoms with Crippen molar-refractivity contribution in [2.24, 2.45) is 0 Å². The first-order chi connectivity index (χ1) is 18.1. The molecule has 0 aliphatic heterocycles. The lowest BCUT2D eigenvalue weighted by atomic mass is 9.62. The normalized spacial score (nSPS) is 15.7. The highest BCUT2D eigenvalue weighted by Crippen LogP contribution is 2.49. The maximum absolute atomic E-state index is 14.7. The summed E-state index contributed by atoms with van der Waals surface area (Å²) in [6.45, 7) is 2.13. The molecule has 4 nitrogen and oxygen atoms in total. The third-order valence-electron chi connectivity index (χ3n) is 8.14. The van der Waals surface area contributed by atoms with Crippen LogP contribution < -0.4 is 10.3 Å². The van der Waals surface area contributed by atoms with Gasteiger partial charge in [-0.3, -0.25) is 9.36 Å². The van der Waals surface area contributed by atoms with Gasteiger partial charge < -0.3 is 4.74 Å². The SMILES string of the molecule is COc1ccccc1-n1c(SCc2ccccc2C)nc2c(c1=O)C1(CCCCC1)Cc1ccccc1-2. The molecule has 1 heterocycles. The first-order valence-corrected chi connectivity index (χ1v) is 14.2. The van der Waals surface area contributed by atoms with Gasteiger partial charge in [-0.2, -0.15) is 0 Å². The Kier molecular flexibility index (Phi) is 6.41. The van der Waals surface area contributed by atoms with Gasteiger partial charge in [0.25, 0.3) is 5.56 Å². The molecule has 0 N–H and O–H groups in total. The van der Waals surface area contributed by atoms with Crippen LogP contribution in [0.1, 0.15) is 54.4 Å². The van der Waals surface area contributed by atoms with Gasteiger partial charge in [0.05, 0.1) is 24.1 Å². The minimum absolute atomic E-state index is 0.0539. The molecule has 5 heteroatoms. The van der Waals surface area contributed by atoms with Crippen LogP contribution in [-0.4, -0.2) is 16.7 Å². The van der Waals surface area contributed by atoms with Crippen molar-refractivity contribution in [3.63, 3.8) is 0 Å². The van der Waals surface area contributed by atoms with Crippen molar-refractivity contribution in [1.29, 1.82) is 0 Å². The number of ether oxygens (including phenoxy) is 1. The standard InChI is InChI=1S/C32H32N2O2S/c1-22-12-4-5-14-24(22)21-37-31-33-29-25-15-7-6-13-23(25)20-32(18-10-3-11-19-32)28(29)30(35)34(31)26-16-8-9-17-27(26)36-2/h4-9,12-17H,3,10-11,18-21H2,1-2H3. The molecule has 0 atom stereocenters. The first-order valence-electron chi connectivity index (χ1n) is 13.2. The molecule has 0 unspecified atom stereocenters. The predicted molar refractivity (Wildman–Crippen MR) is 151 cm³/mol. The summed E-state index contributed by atoms with van der Waals surface area (Å²) in [4.78, 5) is 20.1. The largest absolute Gasteiger partial charge is 0.495 e. The van der Waals surface area contributed by atoms with E-state index in [-0.39, 0.29) is 11.0 Å². The maximum Gasteiger partial charge on any atom is 0.263 e. The van der Waals surface area contributed by atoms with Gasteiger partial charge in [-0.1, -0.05) is 91.7 Å². The second-order valence-corrected chi connectivity index (χ2v) is 11.3. The number of para-hydroxylation sites is 2. The van der Waals surface area contributed by atoms with Crippen LogP contribution >= 0.6 is 11.8 Å². The van der Waals surface area contributed by atoms with E-state index >= 15 is 0 Å². The van der Waals surface area contributed by atoms with E-state index in [0.717, 1.165) is 60.4 Å². The fourth-order valence-corrected chi connectivity index (χ4v) is 7.30. The van der Waals surface area contributed by atoms with Crippen molar-refractivity contribution in [2.75, 3.05) is 7.11 Å². The summed E-state index contributed by atoms with van der Waals surface area (Å²) in [5.41, 5.74) is 7.34. The summed E-state index contributed by atoms with van der Waals surface area (Å²) in [6, 6.07) is 24.8. The van der Waals surface area contributed by atoms with E-state index in [1.807, 2.05) is 28.8 Å². The van der Waals surface area contributed by atoms with Gasteiger partial charge in [0.2, 0.25) is 0 Å². The second-order valence-electron chi connectivity index (χ2n) is 10.3. The second kappa shape index (κ2) is 9.86. The molecule has 3 aromatic carbocycles. The highest BCUT2D eigenvalue weighted by Gasteiger charge is 2.43. The molecule has 1 saturated carbocycles. The molecular weight excluding hydrogens is 476 g/mol. The number of fused-ring (bicyclic) bond motifs is 4. The van der Waals surface area contributed by atoms with Crippen LogP contribution in [0, 0.1) is 6.92 Å². The molecule has 0 saturated heterocycles. The molecular formula is C32H32N2O2S. The zero-order valence-electron chi connectivity index (χ0n) is 21.5. The number of hydrogen-bond acceptors (Lipinski definition) is 4. The Balaban J connectivity index is 1.61. The number of aromatic nitrogens is 2. The van der Waals surface area contributed by atoms with E-state index in [1.54, 1.807) is 18.9 Å². The zero-order valence-corrected chi connectivity index (χ0v) is 22.3. The van der Waals surface area contributed by atoms with Crippen LogP contribution in [0.15, 0.2) is 82.7 Å². The molecule has 1 aromatic heterocycles. The summed E-state index contributed by atoms with van der Waals surface area (Å²) >= 11 is 1.62. The molecule has 2 aliphatic carbocycles. The maximum atomic E-state index is 14.7. The Labute approximate surface area is 222 Å². The number of benzene rings is 3. The quantitative estimate of drug-likeness (QED) is 0.210. The summed E-state index contributed by atoms with van der Waals surface area (Å²) in [5, 5.41) is 0.708. The topological polar surface area (TPSA) is 44.1 Å². The predicted octanol–water partition coefficient (Wildman–Crippen LogP) is 7.27. The molecule has 2 aliphatic rings. The molecule has 4 aromatic rings. The lowest BCUT2D eigenvalue weighted by Gasteiger charge is -2.42. The number of nitrogens with zero attached hydrogens (tertiary/aromatic N) is 2. The number of aryl methyl sites for hydroxylation is 1. The number of rotatable bonds is 5. The van der Waals surface area contributed by atoms with Gasteiger partial charge in [0.15, 0.2) is 5.16 Å². The van der Waals surface area contributed by atoms with E-state index in [2.05, 4.69) is 55.5 Å². The van der Waals surface area contributed by atoms with Gasteiger partial charge >= 0.3 is 0 Å². The third-order valence-corrected chi connectivity index (χ3v) is 9.13. The summed E-state index contributed by atoms with van der Waals surface area (Å²) in [7, 11) is 1.66. The van der Waals surface area contributed by atoms with Crippen molar-refractivity contribution in [3.8, 4) is 22.7 Å². The van der Waals surface area contributed by atoms with Crippen molar-refractivity contribution in [3.05, 3.63) is 105 Å². The third kappa shape index (κ3) is 4.19. The average Bonchev–Trinajstić information content (AvgIpc) is 2.93. The smallest absolute Gasteiger partial charge is 0.263 e. The highest BCUT2D eigenvalue weighted by atomic mass is 32.2. The van der Waals surface area contributed by atoms with Gasteiger partial charge in [-0.05, 0) is 55.0 Å². The molecule has 0 radical (unpaired) electrons. The number of thioether (sulfide) groups is 1. The highest BCUT2D eigenvalue weighted by molar-refractivity contribution is 7.98. The fraction of sp³-hybridized carbons (Fsp3) is 0.312. The van der Waals surface area contributed by atoms with E-state index in [0.29, 0.717) is 10.9 Å². The molecule has 0 bridgehead atoms. The van der Waals surface area contributed by atoms with Crippen molar-refractivity contribution in [2.45, 2.75) is 61.8 Å². The average molecular weight is 509 g/mol. The number of methoxy groups -OCH3 is 1. The number of hydrogen-bond donors (Lipinski definition) is 0. The Morgan fingerprint density at radius 1 is 0.946 bits per heavy atom. The zero-order chi connectivity index (χ0) is 25.4. The Bertz CT molecular complexity index is 1520. The van der Waals surface area contributed by atoms with Crippen LogP contribution in [0.25, 0.3) is 16.9 Å². The monoisotopic (exact) mass is 508 g/mol.